The highest BCUT2D eigenvalue weighted by Gasteiger charge is 2.21. The molecule has 0 unspecified atom stereocenters. The lowest BCUT2D eigenvalue weighted by Gasteiger charge is -2.29. The summed E-state index contributed by atoms with van der Waals surface area (Å²) in [7, 11) is 0. The molecular formula is C62H42N2. The zero-order chi connectivity index (χ0) is 42.4. The SMILES string of the molecule is c1ccc(-c2ccc(N(c3ccc(-c4ccccc4-n4c5ccccc5c5c6ccccc6ccc54)cc3)c3ccccc3-c3ccccc3)cc2-c2ccc3ccccc3c2)cc1. The highest BCUT2D eigenvalue weighted by Crippen LogP contribution is 2.45. The maximum absolute atomic E-state index is 2.45. The van der Waals surface area contributed by atoms with Gasteiger partial charge in [0.2, 0.25) is 0 Å². The first-order valence-electron chi connectivity index (χ1n) is 22.0. The van der Waals surface area contributed by atoms with Crippen LogP contribution in [0.5, 0.6) is 0 Å². The number of anilines is 3. The number of benzene rings is 11. The summed E-state index contributed by atoms with van der Waals surface area (Å²) < 4.78 is 2.45. The molecule has 0 saturated heterocycles. The van der Waals surface area contributed by atoms with Gasteiger partial charge < -0.3 is 9.47 Å². The minimum atomic E-state index is 1.07. The summed E-state index contributed by atoms with van der Waals surface area (Å²) in [5.74, 6) is 0. The van der Waals surface area contributed by atoms with Gasteiger partial charge in [-0.2, -0.15) is 0 Å². The predicted molar refractivity (Wildman–Crippen MR) is 272 cm³/mol. The molecule has 12 aromatic rings. The van der Waals surface area contributed by atoms with Crippen LogP contribution in [0.1, 0.15) is 0 Å². The number of para-hydroxylation sites is 3. The Morgan fingerprint density at radius 2 is 0.844 bits per heavy atom. The maximum Gasteiger partial charge on any atom is 0.0547 e. The van der Waals surface area contributed by atoms with Crippen molar-refractivity contribution < 1.29 is 0 Å². The van der Waals surface area contributed by atoms with Crippen LogP contribution in [0.15, 0.2) is 255 Å². The van der Waals surface area contributed by atoms with Crippen molar-refractivity contribution in [3.05, 3.63) is 255 Å². The van der Waals surface area contributed by atoms with Crippen molar-refractivity contribution in [3.8, 4) is 50.2 Å². The Morgan fingerprint density at radius 3 is 1.64 bits per heavy atom. The van der Waals surface area contributed by atoms with E-state index in [1.807, 2.05) is 0 Å². The molecular weight excluding hydrogens is 773 g/mol. The van der Waals surface area contributed by atoms with Gasteiger partial charge in [0, 0.05) is 33.3 Å². The van der Waals surface area contributed by atoms with Gasteiger partial charge in [-0.05, 0) is 110 Å². The minimum absolute atomic E-state index is 1.07. The van der Waals surface area contributed by atoms with Crippen molar-refractivity contribution in [2.45, 2.75) is 0 Å². The highest BCUT2D eigenvalue weighted by molar-refractivity contribution is 6.21. The molecule has 2 heteroatoms. The number of rotatable bonds is 8. The van der Waals surface area contributed by atoms with Gasteiger partial charge in [-0.25, -0.2) is 0 Å². The van der Waals surface area contributed by atoms with E-state index < -0.39 is 0 Å². The summed E-state index contributed by atoms with van der Waals surface area (Å²) in [5, 5.41) is 7.52. The average Bonchev–Trinajstić information content (AvgIpc) is 3.72. The maximum atomic E-state index is 2.45. The third-order valence-electron chi connectivity index (χ3n) is 12.8. The normalized spacial score (nSPS) is 11.4. The van der Waals surface area contributed by atoms with Gasteiger partial charge in [0.05, 0.1) is 22.4 Å². The first kappa shape index (κ1) is 37.3. The van der Waals surface area contributed by atoms with Crippen LogP contribution in [-0.4, -0.2) is 4.57 Å². The number of fused-ring (bicyclic) bond motifs is 6. The summed E-state index contributed by atoms with van der Waals surface area (Å²) >= 11 is 0. The fourth-order valence-electron chi connectivity index (χ4n) is 9.80. The predicted octanol–water partition coefficient (Wildman–Crippen LogP) is 17.2. The molecule has 0 radical (unpaired) electrons. The van der Waals surface area contributed by atoms with Crippen LogP contribution in [-0.2, 0) is 0 Å². The molecule has 2 nitrogen and oxygen atoms in total. The Hall–Kier alpha value is -8.46. The second-order valence-electron chi connectivity index (χ2n) is 16.5. The molecule has 0 aliphatic heterocycles. The van der Waals surface area contributed by atoms with Gasteiger partial charge in [0.1, 0.15) is 0 Å². The summed E-state index contributed by atoms with van der Waals surface area (Å²) in [4.78, 5) is 2.43. The first-order valence-corrected chi connectivity index (χ1v) is 22.0. The highest BCUT2D eigenvalue weighted by atomic mass is 15.1. The lowest BCUT2D eigenvalue weighted by Crippen LogP contribution is -2.11. The van der Waals surface area contributed by atoms with E-state index in [-0.39, 0.29) is 0 Å². The van der Waals surface area contributed by atoms with Crippen LogP contribution in [0.3, 0.4) is 0 Å². The van der Waals surface area contributed by atoms with E-state index in [1.165, 1.54) is 76.7 Å². The summed E-state index contributed by atoms with van der Waals surface area (Å²) in [6.45, 7) is 0. The Kier molecular flexibility index (Phi) is 9.20. The molecule has 0 N–H and O–H groups in total. The van der Waals surface area contributed by atoms with Gasteiger partial charge in [-0.3, -0.25) is 0 Å². The molecule has 1 aromatic heterocycles. The van der Waals surface area contributed by atoms with Crippen molar-refractivity contribution in [1.29, 1.82) is 0 Å². The van der Waals surface area contributed by atoms with Gasteiger partial charge in [-0.15, -0.1) is 0 Å². The topological polar surface area (TPSA) is 8.17 Å². The van der Waals surface area contributed by atoms with Gasteiger partial charge in [0.15, 0.2) is 0 Å². The largest absolute Gasteiger partial charge is 0.310 e. The van der Waals surface area contributed by atoms with Gasteiger partial charge in [0.25, 0.3) is 0 Å². The number of nitrogens with zero attached hydrogens (tertiary/aromatic N) is 2. The molecule has 12 rings (SSSR count). The Labute approximate surface area is 373 Å². The molecule has 64 heavy (non-hydrogen) atoms. The van der Waals surface area contributed by atoms with Crippen LogP contribution in [0, 0.1) is 0 Å². The molecule has 0 saturated carbocycles. The third-order valence-corrected chi connectivity index (χ3v) is 12.8. The van der Waals surface area contributed by atoms with E-state index >= 15 is 0 Å². The second-order valence-corrected chi connectivity index (χ2v) is 16.5. The average molecular weight is 815 g/mol. The molecule has 0 fully saturated rings. The van der Waals surface area contributed by atoms with Crippen LogP contribution >= 0.6 is 0 Å². The van der Waals surface area contributed by atoms with Crippen molar-refractivity contribution >= 4 is 60.4 Å². The Morgan fingerprint density at radius 1 is 0.281 bits per heavy atom. The molecule has 0 spiro atoms. The monoisotopic (exact) mass is 814 g/mol. The lowest BCUT2D eigenvalue weighted by molar-refractivity contribution is 1.18. The first-order chi connectivity index (χ1) is 31.8. The molecule has 11 aromatic carbocycles. The molecule has 0 aliphatic carbocycles. The quantitative estimate of drug-likeness (QED) is 0.148. The Balaban J connectivity index is 1.04. The van der Waals surface area contributed by atoms with E-state index in [9.17, 15) is 0 Å². The molecule has 300 valence electrons. The van der Waals surface area contributed by atoms with E-state index in [4.69, 9.17) is 0 Å². The van der Waals surface area contributed by atoms with E-state index in [1.54, 1.807) is 0 Å². The van der Waals surface area contributed by atoms with E-state index in [0.29, 0.717) is 0 Å². The summed E-state index contributed by atoms with van der Waals surface area (Å²) in [5.41, 5.74) is 16.2. The van der Waals surface area contributed by atoms with Crippen LogP contribution in [0.2, 0.25) is 0 Å². The number of hydrogen-bond donors (Lipinski definition) is 0. The van der Waals surface area contributed by atoms with Gasteiger partial charge >= 0.3 is 0 Å². The van der Waals surface area contributed by atoms with Crippen molar-refractivity contribution in [1.82, 2.24) is 4.57 Å². The molecule has 0 bridgehead atoms. The molecule has 0 aliphatic rings. The zero-order valence-electron chi connectivity index (χ0n) is 35.1. The van der Waals surface area contributed by atoms with Crippen molar-refractivity contribution in [2.75, 3.05) is 4.90 Å². The van der Waals surface area contributed by atoms with Crippen molar-refractivity contribution in [2.24, 2.45) is 0 Å². The Bertz CT molecular complexity index is 3660. The van der Waals surface area contributed by atoms with Crippen LogP contribution in [0.4, 0.5) is 17.1 Å². The summed E-state index contributed by atoms with van der Waals surface area (Å²) in [6, 6.07) is 92.7. The smallest absolute Gasteiger partial charge is 0.0547 e. The van der Waals surface area contributed by atoms with Crippen molar-refractivity contribution in [3.63, 3.8) is 0 Å². The minimum Gasteiger partial charge on any atom is -0.310 e. The lowest BCUT2D eigenvalue weighted by atomic mass is 9.92. The van der Waals surface area contributed by atoms with Crippen LogP contribution < -0.4 is 4.90 Å². The molecule has 0 amide bonds. The third kappa shape index (κ3) is 6.44. The fourth-order valence-corrected chi connectivity index (χ4v) is 9.80. The summed E-state index contributed by atoms with van der Waals surface area (Å²) in [6.07, 6.45) is 0. The zero-order valence-corrected chi connectivity index (χ0v) is 35.1. The fraction of sp³-hybridized carbons (Fsp3) is 0. The van der Waals surface area contributed by atoms with Gasteiger partial charge in [-0.1, -0.05) is 200 Å². The second kappa shape index (κ2) is 15.8. The standard InChI is InChI=1S/C62H42N2/c1-3-18-44(19-4-1)52-39-38-51(42-57(52)49-32-31-43-17-7-8-23-48(43)41-49)63(58-28-14-11-24-53(58)45-20-5-2-6-21-45)50-36-33-47(34-37-50)54-25-12-15-29-59(54)64-60-30-16-13-27-56(60)62-55-26-10-9-22-46(55)35-40-61(62)64/h1-42H. The molecule has 1 heterocycles. The van der Waals surface area contributed by atoms with E-state index in [0.717, 1.165) is 33.9 Å². The number of hydrogen-bond acceptors (Lipinski definition) is 1. The van der Waals surface area contributed by atoms with E-state index in [2.05, 4.69) is 264 Å². The van der Waals surface area contributed by atoms with Crippen LogP contribution in [0.25, 0.3) is 93.5 Å². The molecule has 0 atom stereocenters. The number of aromatic nitrogens is 1.